The Labute approximate surface area is 94.1 Å². The van der Waals surface area contributed by atoms with Gasteiger partial charge in [0.1, 0.15) is 12.2 Å². The normalized spacial score (nSPS) is 32.9. The molecule has 8 heteroatoms. The molecule has 7 nitrogen and oxygen atoms in total. The third kappa shape index (κ3) is 2.02. The number of halogens is 1. The Morgan fingerprint density at radius 2 is 2.24 bits per heavy atom. The van der Waals surface area contributed by atoms with Crippen LogP contribution < -0.4 is 11.2 Å². The van der Waals surface area contributed by atoms with Crippen molar-refractivity contribution in [1.29, 1.82) is 0 Å². The van der Waals surface area contributed by atoms with Crippen molar-refractivity contribution in [2.45, 2.75) is 24.6 Å². The third-order valence-corrected chi connectivity index (χ3v) is 2.59. The fourth-order valence-corrected chi connectivity index (χ4v) is 1.71. The van der Waals surface area contributed by atoms with Crippen molar-refractivity contribution in [2.75, 3.05) is 6.61 Å². The number of aliphatic hydroxyl groups excluding tert-OH is 2. The Hall–Kier alpha value is -1.51. The largest absolute Gasteiger partial charge is 0.394 e. The molecule has 0 radical (unpaired) electrons. The average molecular weight is 246 g/mol. The number of aromatic nitrogens is 2. The molecule has 2 rings (SSSR count). The zero-order chi connectivity index (χ0) is 12.6. The number of nitrogens with zero attached hydrogens (tertiary/aromatic N) is 1. The van der Waals surface area contributed by atoms with Gasteiger partial charge in [-0.2, -0.15) is 0 Å². The maximum Gasteiger partial charge on any atom is 0.330 e. The molecule has 1 aromatic rings. The van der Waals surface area contributed by atoms with Crippen molar-refractivity contribution in [2.24, 2.45) is 0 Å². The highest BCUT2D eigenvalue weighted by molar-refractivity contribution is 4.93. The average Bonchev–Trinajstić information content (AvgIpc) is 2.57. The maximum atomic E-state index is 13.4. The van der Waals surface area contributed by atoms with Gasteiger partial charge in [0.15, 0.2) is 12.4 Å². The summed E-state index contributed by atoms with van der Waals surface area (Å²) in [5.41, 5.74) is -1.42. The van der Waals surface area contributed by atoms with E-state index in [1.807, 2.05) is 4.98 Å². The number of nitrogens with one attached hydrogen (secondary N) is 1. The summed E-state index contributed by atoms with van der Waals surface area (Å²) in [7, 11) is 0. The van der Waals surface area contributed by atoms with Crippen LogP contribution >= 0.6 is 0 Å². The second-order valence-electron chi connectivity index (χ2n) is 3.70. The highest BCUT2D eigenvalue weighted by Crippen LogP contribution is 2.29. The van der Waals surface area contributed by atoms with Crippen LogP contribution in [0.4, 0.5) is 4.39 Å². The van der Waals surface area contributed by atoms with E-state index in [0.717, 1.165) is 16.8 Å². The molecule has 1 aliphatic rings. The summed E-state index contributed by atoms with van der Waals surface area (Å²) in [6.07, 6.45) is -4.71. The van der Waals surface area contributed by atoms with Crippen LogP contribution in [-0.2, 0) is 4.74 Å². The lowest BCUT2D eigenvalue weighted by atomic mass is 10.1. The van der Waals surface area contributed by atoms with Crippen LogP contribution in [0.3, 0.4) is 0 Å². The summed E-state index contributed by atoms with van der Waals surface area (Å²) in [6, 6.07) is 1.05. The van der Waals surface area contributed by atoms with Crippen LogP contribution in [0.15, 0.2) is 21.9 Å². The number of ether oxygens (including phenoxy) is 1. The lowest BCUT2D eigenvalue weighted by Crippen LogP contribution is -2.36. The second kappa shape index (κ2) is 4.40. The molecule has 0 aromatic carbocycles. The Morgan fingerprint density at radius 1 is 1.53 bits per heavy atom. The highest BCUT2D eigenvalue weighted by Gasteiger charge is 2.45. The zero-order valence-electron chi connectivity index (χ0n) is 8.62. The minimum Gasteiger partial charge on any atom is -0.394 e. The molecule has 4 atom stereocenters. The molecule has 1 aliphatic heterocycles. The van der Waals surface area contributed by atoms with E-state index in [9.17, 15) is 19.1 Å². The summed E-state index contributed by atoms with van der Waals surface area (Å²) in [4.78, 5) is 24.2. The predicted molar refractivity (Wildman–Crippen MR) is 53.2 cm³/mol. The minimum absolute atomic E-state index is 0.603. The lowest BCUT2D eigenvalue weighted by molar-refractivity contribution is -0.0537. The standard InChI is InChI=1S/C9H11FN2O5/c10-6-4(3-13)17-8(7(6)15)12-2-1-5(14)11-9(12)16/h1-2,4,6-8,13,15H,3H2,(H,11,14,16)/t4-,6?,7-,8-/m1/s1. The van der Waals surface area contributed by atoms with Crippen LogP contribution in [0, 0.1) is 0 Å². The number of alkyl halides is 1. The van der Waals surface area contributed by atoms with E-state index in [2.05, 4.69) is 0 Å². The molecule has 1 saturated heterocycles. The van der Waals surface area contributed by atoms with Gasteiger partial charge in [-0.05, 0) is 0 Å². The van der Waals surface area contributed by atoms with Gasteiger partial charge >= 0.3 is 5.69 Å². The van der Waals surface area contributed by atoms with Gasteiger partial charge in [0.05, 0.1) is 6.61 Å². The van der Waals surface area contributed by atoms with Gasteiger partial charge in [-0.15, -0.1) is 0 Å². The summed E-state index contributed by atoms with van der Waals surface area (Å²) >= 11 is 0. The molecule has 1 unspecified atom stereocenters. The first-order chi connectivity index (χ1) is 8.04. The van der Waals surface area contributed by atoms with Crippen LogP contribution in [0.25, 0.3) is 0 Å². The second-order valence-corrected chi connectivity index (χ2v) is 3.70. The van der Waals surface area contributed by atoms with Crippen molar-refractivity contribution in [3.63, 3.8) is 0 Å². The van der Waals surface area contributed by atoms with Crippen LogP contribution in [0.2, 0.25) is 0 Å². The van der Waals surface area contributed by atoms with Crippen molar-refractivity contribution in [1.82, 2.24) is 9.55 Å². The van der Waals surface area contributed by atoms with Crippen molar-refractivity contribution >= 4 is 0 Å². The molecule has 0 bridgehead atoms. The molecule has 17 heavy (non-hydrogen) atoms. The fourth-order valence-electron chi connectivity index (χ4n) is 1.71. The first-order valence-electron chi connectivity index (χ1n) is 4.94. The van der Waals surface area contributed by atoms with Gasteiger partial charge in [-0.25, -0.2) is 9.18 Å². The van der Waals surface area contributed by atoms with Crippen molar-refractivity contribution in [3.8, 4) is 0 Å². The third-order valence-electron chi connectivity index (χ3n) is 2.59. The molecule has 0 saturated carbocycles. The zero-order valence-corrected chi connectivity index (χ0v) is 8.62. The first kappa shape index (κ1) is 12.0. The Morgan fingerprint density at radius 3 is 2.76 bits per heavy atom. The van der Waals surface area contributed by atoms with E-state index in [1.54, 1.807) is 0 Å². The molecule has 94 valence electrons. The quantitative estimate of drug-likeness (QED) is 0.567. The summed E-state index contributed by atoms with van der Waals surface area (Å²) in [5, 5.41) is 18.4. The van der Waals surface area contributed by atoms with Gasteiger partial charge in [0.2, 0.25) is 0 Å². The van der Waals surface area contributed by atoms with Crippen LogP contribution in [0.5, 0.6) is 0 Å². The summed E-state index contributed by atoms with van der Waals surface area (Å²) in [5.74, 6) is 0. The van der Waals surface area contributed by atoms with Crippen molar-refractivity contribution < 1.29 is 19.3 Å². The van der Waals surface area contributed by atoms with E-state index in [1.165, 1.54) is 0 Å². The molecule has 0 amide bonds. The highest BCUT2D eigenvalue weighted by atomic mass is 19.1. The monoisotopic (exact) mass is 246 g/mol. The summed E-state index contributed by atoms with van der Waals surface area (Å²) < 4.78 is 19.3. The maximum absolute atomic E-state index is 13.4. The minimum atomic E-state index is -1.79. The van der Waals surface area contributed by atoms with E-state index in [-0.39, 0.29) is 0 Å². The molecule has 0 aliphatic carbocycles. The number of rotatable bonds is 2. The smallest absolute Gasteiger partial charge is 0.330 e. The molecule has 1 aromatic heterocycles. The number of H-pyrrole nitrogens is 1. The van der Waals surface area contributed by atoms with Gasteiger partial charge in [-0.1, -0.05) is 0 Å². The lowest BCUT2D eigenvalue weighted by Gasteiger charge is -2.16. The van der Waals surface area contributed by atoms with Gasteiger partial charge in [0.25, 0.3) is 5.56 Å². The molecule has 2 heterocycles. The molecule has 1 fully saturated rings. The van der Waals surface area contributed by atoms with Gasteiger partial charge < -0.3 is 14.9 Å². The summed E-state index contributed by atoms with van der Waals surface area (Å²) in [6.45, 7) is -0.604. The van der Waals surface area contributed by atoms with E-state index >= 15 is 0 Å². The Kier molecular flexibility index (Phi) is 3.09. The van der Waals surface area contributed by atoms with E-state index in [4.69, 9.17) is 9.84 Å². The van der Waals surface area contributed by atoms with Crippen LogP contribution in [-0.4, -0.2) is 44.8 Å². The molecule has 3 N–H and O–H groups in total. The molecule has 0 spiro atoms. The number of aromatic amines is 1. The van der Waals surface area contributed by atoms with Gasteiger partial charge in [-0.3, -0.25) is 14.3 Å². The SMILES string of the molecule is O=c1ccn([C@@H]2O[C@H](CO)C(F)[C@H]2O)c(=O)[nH]1. The van der Waals surface area contributed by atoms with Gasteiger partial charge in [0, 0.05) is 12.3 Å². The number of hydrogen-bond donors (Lipinski definition) is 3. The Bertz CT molecular complexity index is 513. The fraction of sp³-hybridized carbons (Fsp3) is 0.556. The topological polar surface area (TPSA) is 105 Å². The van der Waals surface area contributed by atoms with Crippen LogP contribution in [0.1, 0.15) is 6.23 Å². The number of aliphatic hydroxyl groups is 2. The van der Waals surface area contributed by atoms with Crippen molar-refractivity contribution in [3.05, 3.63) is 33.1 Å². The number of hydrogen-bond acceptors (Lipinski definition) is 5. The first-order valence-corrected chi connectivity index (χ1v) is 4.94. The molecular formula is C9H11FN2O5. The molecular weight excluding hydrogens is 235 g/mol. The van der Waals surface area contributed by atoms with E-state index in [0.29, 0.717) is 0 Å². The van der Waals surface area contributed by atoms with E-state index < -0.39 is 42.5 Å². The predicted octanol–water partition coefficient (Wildman–Crippen LogP) is -1.87. The Balaban J connectivity index is 2.35.